The molecule has 4 aliphatic heterocycles. The van der Waals surface area contributed by atoms with Crippen molar-refractivity contribution in [2.75, 3.05) is 0 Å². The maximum absolute atomic E-state index is 9.52. The first-order valence-electron chi connectivity index (χ1n) is 51.1. The van der Waals surface area contributed by atoms with E-state index in [1.54, 1.807) is 0 Å². The fourth-order valence-electron chi connectivity index (χ4n) is 26.7. The molecular weight excluding hydrogens is 1770 g/mol. The Kier molecular flexibility index (Phi) is 18.5. The van der Waals surface area contributed by atoms with E-state index in [2.05, 4.69) is 454 Å². The van der Waals surface area contributed by atoms with Crippen LogP contribution in [0.3, 0.4) is 0 Å². The van der Waals surface area contributed by atoms with E-state index in [4.69, 9.17) is 0 Å². The average molecular weight is 1860 g/mol. The van der Waals surface area contributed by atoms with E-state index in [0.29, 0.717) is 5.56 Å². The molecule has 0 amide bonds. The van der Waals surface area contributed by atoms with E-state index in [1.165, 1.54) is 283 Å². The Balaban J connectivity index is 0.0000000908. The molecule has 0 saturated carbocycles. The van der Waals surface area contributed by atoms with E-state index < -0.39 is 0 Å². The molecule has 0 N–H and O–H groups in total. The second kappa shape index (κ2) is 32.5. The number of hydrogen-bond donors (Lipinski definition) is 0. The molecule has 6 aromatic heterocycles. The Bertz CT molecular complexity index is 10100. The summed E-state index contributed by atoms with van der Waals surface area (Å²) < 4.78 is 15.0. The van der Waals surface area contributed by atoms with Gasteiger partial charge in [0.1, 0.15) is 0 Å². The second-order valence-corrected chi connectivity index (χ2v) is 40.6. The zero-order valence-corrected chi connectivity index (χ0v) is 80.6. The molecule has 19 aromatic carbocycles. The van der Waals surface area contributed by atoms with Crippen LogP contribution in [0.5, 0.6) is 0 Å². The van der Waals surface area contributed by atoms with Gasteiger partial charge in [-0.3, -0.25) is 0 Å². The predicted molar refractivity (Wildman–Crippen MR) is 590 cm³/mol. The van der Waals surface area contributed by atoms with Crippen LogP contribution in [0.1, 0.15) is 112 Å². The number of nitriles is 2. The van der Waals surface area contributed by atoms with Gasteiger partial charge in [0.05, 0.1) is 125 Å². The van der Waals surface area contributed by atoms with E-state index in [-0.39, 0.29) is 0 Å². The van der Waals surface area contributed by atoms with E-state index in [1.807, 2.05) is 24.3 Å². The van der Waals surface area contributed by atoms with Crippen molar-refractivity contribution >= 4 is 86.7 Å². The summed E-state index contributed by atoms with van der Waals surface area (Å²) in [5, 5.41) is 34.2. The third-order valence-electron chi connectivity index (χ3n) is 32.7. The zero-order valence-electron chi connectivity index (χ0n) is 80.6. The minimum absolute atomic E-state index is 0.691. The zero-order chi connectivity index (χ0) is 96.4. The van der Waals surface area contributed by atoms with Crippen molar-refractivity contribution in [1.82, 2.24) is 9.13 Å². The van der Waals surface area contributed by atoms with Crippen molar-refractivity contribution in [3.63, 3.8) is 0 Å². The SMILES string of the molecule is Cc1cc(C#N)cc(C)c1-c1c2c(cc3ccccc13)Cc1c-2ccc2[n+]1-c1ccccc1C2.N#Cc1ccc(-c2c3c(cc4ccccc24)Cc2c-3ccc3[n+]2-c2ccccc2C3)cc1.c1ccc(-n2c3ccccc3c3cc(-c4c5c(cc6ccccc46)Cc4c-5ccc5[n+]4-c4ccccc4C5)ccc32)cc1.c1ccc2c(c1)Cc1ccc3c([n+]1-2)Cc1cc2ccccc2c(-n2c4ccccc4c4ccccc42)c1-3. The molecule has 8 heteroatoms. The minimum Gasteiger partial charge on any atom is -0.309 e. The summed E-state index contributed by atoms with van der Waals surface area (Å²) in [4.78, 5) is 0. The topological polar surface area (TPSA) is 73.0 Å². The molecule has 10 heterocycles. The van der Waals surface area contributed by atoms with Crippen LogP contribution in [0.2, 0.25) is 0 Å². The molecule has 0 atom stereocenters. The third-order valence-corrected chi connectivity index (χ3v) is 32.7. The van der Waals surface area contributed by atoms with Crippen molar-refractivity contribution in [3.05, 3.63) is 537 Å². The highest BCUT2D eigenvalue weighted by atomic mass is 15.1. The standard InChI is InChI=1S/C41H27N2.C35H23N2.C32H23N2.C30H19N2/c1-2-12-30(13-3-1)42-37-17-9-7-15-33(37)35-24-28(18-21-38(35)42)40-32-14-6-4-10-26(32)22-29-25-39-34(41(29)40)20-19-31-23-27-11-5-8-16-36(27)43(31)39;1-3-11-26-22(9-1)19-24-21-33-29(18-17-25-20-23-10-2-6-14-30(23)36(25)33)34(24)35(26)37-31-15-7-4-12-27(31)28-13-5-8-16-32(28)37;1-19-13-21(18-33)14-20(2)30(19)32-26-9-5-3-7-22(26)15-24-17-29-27(31(24)32)12-11-25-16-23-8-4-6-10-28(23)34(25)29;31-18-19-9-11-20(12-10-19)29-25-7-3-1-5-21(25)15-23-17-28-26(30(23)29)14-13-24-16-22-6-2-4-8-27(22)32(24)28/h1-22,24H,23,25H2;1-19H,20-21H2;3-15H,16-17H2,1-2H3;1-15H,16-17H2/q4*+1. The molecule has 0 spiro atoms. The van der Waals surface area contributed by atoms with Crippen LogP contribution in [-0.2, 0) is 51.4 Å². The van der Waals surface area contributed by atoms with Crippen molar-refractivity contribution in [1.29, 1.82) is 10.5 Å². The summed E-state index contributed by atoms with van der Waals surface area (Å²) in [6.07, 6.45) is 7.73. The molecule has 0 saturated heterocycles. The number of fused-ring (bicyclic) bond motifs is 38. The van der Waals surface area contributed by atoms with Crippen LogP contribution in [0.4, 0.5) is 0 Å². The molecule has 0 unspecified atom stereocenters. The number of pyridine rings is 4. The molecule has 8 nitrogen and oxygen atoms in total. The first-order chi connectivity index (χ1) is 72.1. The van der Waals surface area contributed by atoms with Gasteiger partial charge in [0.25, 0.3) is 0 Å². The van der Waals surface area contributed by atoms with Crippen LogP contribution in [-0.4, -0.2) is 9.13 Å². The van der Waals surface area contributed by atoms with Crippen molar-refractivity contribution in [2.24, 2.45) is 0 Å². The highest BCUT2D eigenvalue weighted by molar-refractivity contribution is 6.16. The lowest BCUT2D eigenvalue weighted by Gasteiger charge is -2.18. The number of rotatable bonds is 5. The molecule has 25 aromatic rings. The van der Waals surface area contributed by atoms with Gasteiger partial charge in [-0.05, 0) is 234 Å². The molecule has 146 heavy (non-hydrogen) atoms. The van der Waals surface area contributed by atoms with E-state index in [9.17, 15) is 10.5 Å². The molecular formula is C138H92N8+4. The summed E-state index contributed by atoms with van der Waals surface area (Å²) in [7, 11) is 0. The molecule has 680 valence electrons. The Morgan fingerprint density at radius 2 is 0.527 bits per heavy atom. The molecule has 8 aliphatic rings. The largest absolute Gasteiger partial charge is 0.309 e. The maximum Gasteiger partial charge on any atom is 0.214 e. The van der Waals surface area contributed by atoms with Gasteiger partial charge in [-0.2, -0.15) is 28.8 Å². The van der Waals surface area contributed by atoms with Crippen LogP contribution >= 0.6 is 0 Å². The Hall–Kier alpha value is -18.6. The number of aryl methyl sites for hydroxylation is 2. The van der Waals surface area contributed by atoms with Gasteiger partial charge in [0.15, 0.2) is 45.6 Å². The Morgan fingerprint density at radius 3 is 0.952 bits per heavy atom. The Morgan fingerprint density at radius 1 is 0.212 bits per heavy atom. The smallest absolute Gasteiger partial charge is 0.214 e. The normalized spacial score (nSPS) is 12.9. The molecule has 33 rings (SSSR count). The molecule has 4 aliphatic carbocycles. The quantitative estimate of drug-likeness (QED) is 0.161. The van der Waals surface area contributed by atoms with Gasteiger partial charge < -0.3 is 9.13 Å². The van der Waals surface area contributed by atoms with Crippen molar-refractivity contribution in [2.45, 2.75) is 65.2 Å². The van der Waals surface area contributed by atoms with Gasteiger partial charge in [-0.15, -0.1) is 0 Å². The lowest BCUT2D eigenvalue weighted by molar-refractivity contribution is -0.605. The first-order valence-corrected chi connectivity index (χ1v) is 51.1. The molecule has 0 bridgehead atoms. The van der Waals surface area contributed by atoms with Gasteiger partial charge in [-0.1, -0.05) is 261 Å². The number of benzene rings is 19. The summed E-state index contributed by atoms with van der Waals surface area (Å²) >= 11 is 0. The number of para-hydroxylation sites is 8. The first kappa shape index (κ1) is 83.2. The van der Waals surface area contributed by atoms with E-state index in [0.717, 1.165) is 73.6 Å². The minimum atomic E-state index is 0.691. The third kappa shape index (κ3) is 12.5. The number of nitrogens with zero attached hydrogens (tertiary/aromatic N) is 8. The average Bonchev–Trinajstić information content (AvgIpc) is 1.57. The monoisotopic (exact) mass is 1860 g/mol. The number of aromatic nitrogens is 6. The second-order valence-electron chi connectivity index (χ2n) is 40.6. The summed E-state index contributed by atoms with van der Waals surface area (Å²) in [5.41, 5.74) is 57.3. The van der Waals surface area contributed by atoms with Gasteiger partial charge in [-0.25, -0.2) is 0 Å². The molecule has 0 radical (unpaired) electrons. The van der Waals surface area contributed by atoms with Crippen molar-refractivity contribution < 1.29 is 18.3 Å². The maximum atomic E-state index is 9.52. The van der Waals surface area contributed by atoms with Gasteiger partial charge >= 0.3 is 0 Å². The summed E-state index contributed by atoms with van der Waals surface area (Å²) in [6.45, 7) is 4.28. The van der Waals surface area contributed by atoms with E-state index >= 15 is 0 Å². The van der Waals surface area contributed by atoms with Crippen LogP contribution in [0, 0.1) is 36.5 Å². The fourth-order valence-corrected chi connectivity index (χ4v) is 26.7. The molecule has 0 fully saturated rings. The fraction of sp³-hybridized carbons (Fsp3) is 0.0725. The highest BCUT2D eigenvalue weighted by Crippen LogP contribution is 2.55. The number of hydrogen-bond acceptors (Lipinski definition) is 2. The summed E-state index contributed by atoms with van der Waals surface area (Å²) in [5.74, 6) is 0. The summed E-state index contributed by atoms with van der Waals surface area (Å²) in [6, 6.07) is 160. The van der Waals surface area contributed by atoms with Crippen LogP contribution < -0.4 is 18.3 Å². The Labute approximate surface area is 844 Å². The van der Waals surface area contributed by atoms with Crippen LogP contribution in [0.25, 0.3) is 199 Å². The lowest BCUT2D eigenvalue weighted by atomic mass is 9.85. The predicted octanol–water partition coefficient (Wildman–Crippen LogP) is 29.9. The highest BCUT2D eigenvalue weighted by Gasteiger charge is 2.44. The van der Waals surface area contributed by atoms with Crippen LogP contribution in [0.15, 0.2) is 425 Å². The van der Waals surface area contributed by atoms with Gasteiger partial charge in [0, 0.05) is 126 Å². The lowest BCUT2D eigenvalue weighted by Crippen LogP contribution is -2.36. The van der Waals surface area contributed by atoms with Gasteiger partial charge in [0.2, 0.25) is 22.7 Å². The van der Waals surface area contributed by atoms with Crippen molar-refractivity contribution in [3.8, 4) is 124 Å².